The third-order valence-electron chi connectivity index (χ3n) is 5.15. The first-order valence-corrected chi connectivity index (χ1v) is 8.59. The number of piperazine rings is 1. The van der Waals surface area contributed by atoms with Crippen LogP contribution >= 0.6 is 0 Å². The Morgan fingerprint density at radius 1 is 0.826 bits per heavy atom. The molecule has 0 spiro atoms. The van der Waals surface area contributed by atoms with Gasteiger partial charge in [0.2, 0.25) is 0 Å². The van der Waals surface area contributed by atoms with Gasteiger partial charge < -0.3 is 5.11 Å². The van der Waals surface area contributed by atoms with Crippen molar-refractivity contribution >= 4 is 0 Å². The summed E-state index contributed by atoms with van der Waals surface area (Å²) >= 11 is 0. The molecule has 2 aromatic carbocycles. The number of hydrogen-bond acceptors (Lipinski definition) is 3. The van der Waals surface area contributed by atoms with E-state index in [0.717, 1.165) is 45.7 Å². The summed E-state index contributed by atoms with van der Waals surface area (Å²) in [4.78, 5) is 4.87. The van der Waals surface area contributed by atoms with E-state index in [1.807, 2.05) is 0 Å². The molecule has 23 heavy (non-hydrogen) atoms. The van der Waals surface area contributed by atoms with E-state index in [9.17, 15) is 0 Å². The fourth-order valence-electron chi connectivity index (χ4n) is 3.87. The highest BCUT2D eigenvalue weighted by Crippen LogP contribution is 2.36. The van der Waals surface area contributed by atoms with Crippen molar-refractivity contribution in [1.82, 2.24) is 9.80 Å². The minimum Gasteiger partial charge on any atom is -0.395 e. The standard InChI is InChI=1S/C20H24N2O/c23-12-11-21-7-9-22(10-8-21)15-16-5-6-20-18(13-16)14-17-3-1-2-4-19(17)20/h1-6,13,23H,7-12,14-15H2. The highest BCUT2D eigenvalue weighted by molar-refractivity contribution is 5.76. The normalized spacial score (nSPS) is 18.0. The van der Waals surface area contributed by atoms with E-state index in [1.54, 1.807) is 0 Å². The second-order valence-electron chi connectivity index (χ2n) is 6.67. The van der Waals surface area contributed by atoms with Crippen molar-refractivity contribution in [3.05, 3.63) is 59.2 Å². The zero-order valence-electron chi connectivity index (χ0n) is 13.5. The molecule has 3 nitrogen and oxygen atoms in total. The molecule has 0 radical (unpaired) electrons. The zero-order valence-corrected chi connectivity index (χ0v) is 13.5. The highest BCUT2D eigenvalue weighted by Gasteiger charge is 2.20. The summed E-state index contributed by atoms with van der Waals surface area (Å²) in [5, 5.41) is 9.03. The lowest BCUT2D eigenvalue weighted by atomic mass is 10.0. The number of fused-ring (bicyclic) bond motifs is 3. The Balaban J connectivity index is 1.43. The molecule has 1 fully saturated rings. The fraction of sp³-hybridized carbons (Fsp3) is 0.400. The maximum atomic E-state index is 9.03. The smallest absolute Gasteiger partial charge is 0.0558 e. The topological polar surface area (TPSA) is 26.7 Å². The lowest BCUT2D eigenvalue weighted by molar-refractivity contribution is 0.108. The SMILES string of the molecule is OCCN1CCN(Cc2ccc3c(c2)Cc2ccccc2-3)CC1. The number of hydrogen-bond donors (Lipinski definition) is 1. The van der Waals surface area contributed by atoms with Gasteiger partial charge >= 0.3 is 0 Å². The summed E-state index contributed by atoms with van der Waals surface area (Å²) in [6.45, 7) is 6.44. The molecule has 2 aliphatic rings. The molecule has 0 amide bonds. The van der Waals surface area contributed by atoms with Gasteiger partial charge in [0.1, 0.15) is 0 Å². The number of nitrogens with zero attached hydrogens (tertiary/aromatic N) is 2. The number of benzene rings is 2. The Morgan fingerprint density at radius 3 is 2.39 bits per heavy atom. The van der Waals surface area contributed by atoms with Gasteiger partial charge in [-0.3, -0.25) is 9.80 Å². The minimum atomic E-state index is 0.269. The van der Waals surface area contributed by atoms with Crippen molar-refractivity contribution in [1.29, 1.82) is 0 Å². The number of aliphatic hydroxyl groups excluding tert-OH is 1. The third-order valence-corrected chi connectivity index (χ3v) is 5.15. The Hall–Kier alpha value is -1.68. The van der Waals surface area contributed by atoms with Crippen LogP contribution in [-0.4, -0.2) is 54.2 Å². The summed E-state index contributed by atoms with van der Waals surface area (Å²) in [6, 6.07) is 15.7. The van der Waals surface area contributed by atoms with Gasteiger partial charge in [0.05, 0.1) is 6.61 Å². The van der Waals surface area contributed by atoms with Crippen molar-refractivity contribution in [3.63, 3.8) is 0 Å². The van der Waals surface area contributed by atoms with E-state index in [0.29, 0.717) is 0 Å². The first-order valence-electron chi connectivity index (χ1n) is 8.59. The first-order chi connectivity index (χ1) is 11.3. The first kappa shape index (κ1) is 14.9. The van der Waals surface area contributed by atoms with E-state index in [1.165, 1.54) is 27.8 Å². The molecule has 4 rings (SSSR count). The van der Waals surface area contributed by atoms with E-state index in [2.05, 4.69) is 52.3 Å². The van der Waals surface area contributed by atoms with Gasteiger partial charge in [0.15, 0.2) is 0 Å². The summed E-state index contributed by atoms with van der Waals surface area (Å²) in [5.74, 6) is 0. The van der Waals surface area contributed by atoms with Crippen molar-refractivity contribution in [3.8, 4) is 11.1 Å². The van der Waals surface area contributed by atoms with Crippen molar-refractivity contribution in [2.45, 2.75) is 13.0 Å². The van der Waals surface area contributed by atoms with Crippen molar-refractivity contribution in [2.24, 2.45) is 0 Å². The van der Waals surface area contributed by atoms with Gasteiger partial charge in [-0.1, -0.05) is 42.5 Å². The Morgan fingerprint density at radius 2 is 1.57 bits per heavy atom. The van der Waals surface area contributed by atoms with E-state index in [4.69, 9.17) is 5.11 Å². The average molecular weight is 308 g/mol. The second-order valence-corrected chi connectivity index (χ2v) is 6.67. The maximum Gasteiger partial charge on any atom is 0.0558 e. The molecule has 3 heteroatoms. The van der Waals surface area contributed by atoms with Gasteiger partial charge in [-0.15, -0.1) is 0 Å². The summed E-state index contributed by atoms with van der Waals surface area (Å²) in [7, 11) is 0. The lowest BCUT2D eigenvalue weighted by Crippen LogP contribution is -2.46. The summed E-state index contributed by atoms with van der Waals surface area (Å²) in [6.07, 6.45) is 1.07. The molecule has 1 saturated heterocycles. The molecule has 0 aromatic heterocycles. The minimum absolute atomic E-state index is 0.269. The molecule has 1 heterocycles. The molecular formula is C20H24N2O. The van der Waals surface area contributed by atoms with Crippen LogP contribution < -0.4 is 0 Å². The maximum absolute atomic E-state index is 9.03. The van der Waals surface area contributed by atoms with Crippen LogP contribution in [0.1, 0.15) is 16.7 Å². The number of rotatable bonds is 4. The predicted octanol–water partition coefficient (Wildman–Crippen LogP) is 2.37. The monoisotopic (exact) mass is 308 g/mol. The van der Waals surface area contributed by atoms with Crippen LogP contribution in [0.3, 0.4) is 0 Å². The van der Waals surface area contributed by atoms with Crippen molar-refractivity contribution < 1.29 is 5.11 Å². The highest BCUT2D eigenvalue weighted by atomic mass is 16.3. The molecule has 0 saturated carbocycles. The second kappa shape index (κ2) is 6.44. The average Bonchev–Trinajstić information content (AvgIpc) is 2.94. The molecule has 120 valence electrons. The molecule has 1 aliphatic carbocycles. The van der Waals surface area contributed by atoms with Crippen LogP contribution in [0, 0.1) is 0 Å². The van der Waals surface area contributed by atoms with Gasteiger partial charge in [-0.05, 0) is 34.2 Å². The van der Waals surface area contributed by atoms with Gasteiger partial charge in [0, 0.05) is 39.3 Å². The largest absolute Gasteiger partial charge is 0.395 e. The van der Waals surface area contributed by atoms with Gasteiger partial charge in [-0.2, -0.15) is 0 Å². The predicted molar refractivity (Wildman–Crippen MR) is 93.5 cm³/mol. The Bertz CT molecular complexity index is 690. The van der Waals surface area contributed by atoms with Gasteiger partial charge in [-0.25, -0.2) is 0 Å². The molecular weight excluding hydrogens is 284 g/mol. The van der Waals surface area contributed by atoms with Gasteiger partial charge in [0.25, 0.3) is 0 Å². The molecule has 1 N–H and O–H groups in total. The molecule has 1 aliphatic heterocycles. The van der Waals surface area contributed by atoms with E-state index < -0.39 is 0 Å². The third kappa shape index (κ3) is 3.05. The number of β-amino-alcohol motifs (C(OH)–C–C–N with tert-alkyl or cyclic N) is 1. The number of aliphatic hydroxyl groups is 1. The Labute approximate surface area is 138 Å². The molecule has 0 atom stereocenters. The van der Waals surface area contributed by atoms with Crippen LogP contribution in [-0.2, 0) is 13.0 Å². The van der Waals surface area contributed by atoms with Crippen LogP contribution in [0.4, 0.5) is 0 Å². The van der Waals surface area contributed by atoms with E-state index in [-0.39, 0.29) is 6.61 Å². The summed E-state index contributed by atoms with van der Waals surface area (Å²) in [5.41, 5.74) is 7.18. The van der Waals surface area contributed by atoms with Crippen LogP contribution in [0.25, 0.3) is 11.1 Å². The lowest BCUT2D eigenvalue weighted by Gasteiger charge is -2.34. The molecule has 0 bridgehead atoms. The zero-order chi connectivity index (χ0) is 15.6. The molecule has 0 unspecified atom stereocenters. The summed E-state index contributed by atoms with van der Waals surface area (Å²) < 4.78 is 0. The van der Waals surface area contributed by atoms with Crippen molar-refractivity contribution in [2.75, 3.05) is 39.3 Å². The fourth-order valence-corrected chi connectivity index (χ4v) is 3.87. The van der Waals surface area contributed by atoms with Crippen LogP contribution in [0.5, 0.6) is 0 Å². The Kier molecular flexibility index (Phi) is 4.17. The van der Waals surface area contributed by atoms with E-state index >= 15 is 0 Å². The van der Waals surface area contributed by atoms with Crippen LogP contribution in [0.2, 0.25) is 0 Å². The molecule has 2 aromatic rings. The van der Waals surface area contributed by atoms with Crippen LogP contribution in [0.15, 0.2) is 42.5 Å². The quantitative estimate of drug-likeness (QED) is 0.801.